The van der Waals surface area contributed by atoms with E-state index in [1.807, 2.05) is 0 Å². The third-order valence-corrected chi connectivity index (χ3v) is 1.67. The second kappa shape index (κ2) is 4.19. The van der Waals surface area contributed by atoms with Crippen molar-refractivity contribution in [3.8, 4) is 12.0 Å². The van der Waals surface area contributed by atoms with E-state index >= 15 is 0 Å². The maximum atomic E-state index is 8.40. The van der Waals surface area contributed by atoms with Crippen molar-refractivity contribution in [2.24, 2.45) is 0 Å². The molecule has 1 aliphatic rings. The lowest BCUT2D eigenvalue weighted by atomic mass is 10.1. The smallest absolute Gasteiger partial charge is 0.106 e. The van der Waals surface area contributed by atoms with Crippen molar-refractivity contribution in [1.29, 1.82) is 0 Å². The van der Waals surface area contributed by atoms with Gasteiger partial charge in [0.1, 0.15) is 6.61 Å². The summed E-state index contributed by atoms with van der Waals surface area (Å²) in [7, 11) is 0. The van der Waals surface area contributed by atoms with Gasteiger partial charge in [0.05, 0.1) is 0 Å². The summed E-state index contributed by atoms with van der Waals surface area (Å²) in [5, 5.41) is 8.40. The molecule has 0 atom stereocenters. The maximum absolute atomic E-state index is 8.40. The van der Waals surface area contributed by atoms with E-state index in [0.29, 0.717) is 0 Å². The molecule has 1 N–H and O–H groups in total. The minimum Gasteiger partial charge on any atom is -0.384 e. The fourth-order valence-electron chi connectivity index (χ4n) is 1.15. The summed E-state index contributed by atoms with van der Waals surface area (Å²) in [6, 6.07) is 2.90. The van der Waals surface area contributed by atoms with Gasteiger partial charge >= 0.3 is 0 Å². The van der Waals surface area contributed by atoms with Crippen LogP contribution in [0.3, 0.4) is 0 Å². The lowest BCUT2D eigenvalue weighted by molar-refractivity contribution is 0.321. The van der Waals surface area contributed by atoms with Crippen molar-refractivity contribution >= 4 is 0 Å². The van der Waals surface area contributed by atoms with Crippen LogP contribution in [0.5, 0.6) is 0 Å². The Morgan fingerprint density at radius 2 is 1.90 bits per heavy atom. The van der Waals surface area contributed by atoms with Gasteiger partial charge in [-0.1, -0.05) is 5.92 Å². The Hall–Kier alpha value is -0.680. The van der Waals surface area contributed by atoms with Crippen molar-refractivity contribution < 1.29 is 5.11 Å². The summed E-state index contributed by atoms with van der Waals surface area (Å²) >= 11 is 0. The minimum absolute atomic E-state index is 0.0174. The number of hydrogen-bond acceptors (Lipinski definition) is 2. The van der Waals surface area contributed by atoms with E-state index < -0.39 is 0 Å². The third kappa shape index (κ3) is 2.28. The third-order valence-electron chi connectivity index (χ3n) is 1.67. The van der Waals surface area contributed by atoms with Gasteiger partial charge in [0.15, 0.2) is 0 Å². The molecular weight excluding hydrogens is 126 g/mol. The SMILES string of the molecule is OCC#CN1CCCCC1. The Labute approximate surface area is 61.8 Å². The normalized spacial score (nSPS) is 17.9. The standard InChI is InChI=1S/C8H13NO/c10-8-4-7-9-5-2-1-3-6-9/h10H,1-3,5-6,8H2. The van der Waals surface area contributed by atoms with Gasteiger partial charge in [-0.05, 0) is 19.3 Å². The molecule has 10 heavy (non-hydrogen) atoms. The van der Waals surface area contributed by atoms with E-state index in [9.17, 15) is 0 Å². The molecule has 0 spiro atoms. The molecule has 1 fully saturated rings. The fraction of sp³-hybridized carbons (Fsp3) is 0.750. The Morgan fingerprint density at radius 3 is 2.50 bits per heavy atom. The van der Waals surface area contributed by atoms with Crippen LogP contribution in [-0.4, -0.2) is 29.7 Å². The molecule has 0 saturated carbocycles. The van der Waals surface area contributed by atoms with Crippen LogP contribution in [0.25, 0.3) is 0 Å². The molecule has 1 heterocycles. The van der Waals surface area contributed by atoms with Gasteiger partial charge in [-0.15, -0.1) is 0 Å². The molecule has 0 bridgehead atoms. The van der Waals surface area contributed by atoms with Crippen molar-refractivity contribution in [3.63, 3.8) is 0 Å². The Bertz CT molecular complexity index is 139. The number of nitrogens with zero attached hydrogens (tertiary/aromatic N) is 1. The zero-order chi connectivity index (χ0) is 7.23. The molecule has 56 valence electrons. The number of piperidine rings is 1. The number of likely N-dealkylation sites (tertiary alicyclic amines) is 1. The molecule has 0 unspecified atom stereocenters. The summed E-state index contributed by atoms with van der Waals surface area (Å²) in [4.78, 5) is 2.08. The van der Waals surface area contributed by atoms with Gasteiger partial charge in [0, 0.05) is 19.1 Å². The summed E-state index contributed by atoms with van der Waals surface area (Å²) in [6.45, 7) is 2.14. The van der Waals surface area contributed by atoms with Crippen LogP contribution >= 0.6 is 0 Å². The lowest BCUT2D eigenvalue weighted by Gasteiger charge is -2.21. The zero-order valence-corrected chi connectivity index (χ0v) is 6.14. The summed E-state index contributed by atoms with van der Waals surface area (Å²) in [5.41, 5.74) is 0. The van der Waals surface area contributed by atoms with E-state index in [-0.39, 0.29) is 6.61 Å². The van der Waals surface area contributed by atoms with Crippen LogP contribution in [0.15, 0.2) is 0 Å². The van der Waals surface area contributed by atoms with Gasteiger partial charge in [-0.2, -0.15) is 0 Å². The molecule has 0 amide bonds. The quantitative estimate of drug-likeness (QED) is 0.492. The Kier molecular flexibility index (Phi) is 3.11. The van der Waals surface area contributed by atoms with Crippen LogP contribution in [0.1, 0.15) is 19.3 Å². The lowest BCUT2D eigenvalue weighted by Crippen LogP contribution is -2.24. The van der Waals surface area contributed by atoms with Crippen LogP contribution in [0.2, 0.25) is 0 Å². The largest absolute Gasteiger partial charge is 0.384 e. The first-order chi connectivity index (χ1) is 4.93. The molecule has 1 aliphatic heterocycles. The van der Waals surface area contributed by atoms with Gasteiger partial charge in [0.25, 0.3) is 0 Å². The molecule has 0 aromatic rings. The highest BCUT2D eigenvalue weighted by Gasteiger charge is 2.04. The summed E-state index contributed by atoms with van der Waals surface area (Å²) in [6.07, 6.45) is 3.83. The number of aliphatic hydroxyl groups excluding tert-OH is 1. The Morgan fingerprint density at radius 1 is 1.20 bits per heavy atom. The van der Waals surface area contributed by atoms with Crippen LogP contribution < -0.4 is 0 Å². The molecular formula is C8H13NO. The van der Waals surface area contributed by atoms with E-state index in [4.69, 9.17) is 5.11 Å². The van der Waals surface area contributed by atoms with Crippen LogP contribution in [-0.2, 0) is 0 Å². The van der Waals surface area contributed by atoms with Gasteiger partial charge in [0.2, 0.25) is 0 Å². The summed E-state index contributed by atoms with van der Waals surface area (Å²) < 4.78 is 0. The zero-order valence-electron chi connectivity index (χ0n) is 6.14. The first-order valence-corrected chi connectivity index (χ1v) is 3.78. The monoisotopic (exact) mass is 139 g/mol. The highest BCUT2D eigenvalue weighted by atomic mass is 16.2. The first-order valence-electron chi connectivity index (χ1n) is 3.78. The van der Waals surface area contributed by atoms with E-state index in [1.165, 1.54) is 19.3 Å². The van der Waals surface area contributed by atoms with Gasteiger partial charge in [-0.3, -0.25) is 0 Å². The van der Waals surface area contributed by atoms with Crippen molar-refractivity contribution in [1.82, 2.24) is 4.90 Å². The topological polar surface area (TPSA) is 23.5 Å². The summed E-state index contributed by atoms with van der Waals surface area (Å²) in [5.74, 6) is 2.65. The van der Waals surface area contributed by atoms with Crippen molar-refractivity contribution in [2.45, 2.75) is 19.3 Å². The van der Waals surface area contributed by atoms with E-state index in [2.05, 4.69) is 16.9 Å². The molecule has 2 nitrogen and oxygen atoms in total. The van der Waals surface area contributed by atoms with Crippen LogP contribution in [0, 0.1) is 12.0 Å². The molecule has 1 saturated heterocycles. The Balaban J connectivity index is 2.25. The molecule has 1 rings (SSSR count). The number of aliphatic hydroxyl groups is 1. The van der Waals surface area contributed by atoms with E-state index in [1.54, 1.807) is 0 Å². The maximum Gasteiger partial charge on any atom is 0.106 e. The molecule has 0 aromatic carbocycles. The molecule has 0 radical (unpaired) electrons. The highest BCUT2D eigenvalue weighted by Crippen LogP contribution is 2.06. The first kappa shape index (κ1) is 7.43. The van der Waals surface area contributed by atoms with E-state index in [0.717, 1.165) is 13.1 Å². The fourth-order valence-corrected chi connectivity index (χ4v) is 1.15. The van der Waals surface area contributed by atoms with Crippen molar-refractivity contribution in [3.05, 3.63) is 0 Å². The predicted octanol–water partition coefficient (Wildman–Crippen LogP) is 0.425. The predicted molar refractivity (Wildman–Crippen MR) is 40.3 cm³/mol. The second-order valence-corrected chi connectivity index (χ2v) is 2.49. The van der Waals surface area contributed by atoms with Gasteiger partial charge in [-0.25, -0.2) is 0 Å². The molecule has 0 aromatic heterocycles. The second-order valence-electron chi connectivity index (χ2n) is 2.49. The minimum atomic E-state index is -0.0174. The van der Waals surface area contributed by atoms with Crippen LogP contribution in [0.4, 0.5) is 0 Å². The average molecular weight is 139 g/mol. The van der Waals surface area contributed by atoms with Gasteiger partial charge < -0.3 is 10.0 Å². The highest BCUT2D eigenvalue weighted by molar-refractivity contribution is 4.98. The molecule has 2 heteroatoms. The van der Waals surface area contributed by atoms with Crippen molar-refractivity contribution in [2.75, 3.05) is 19.7 Å². The number of hydrogen-bond donors (Lipinski definition) is 1. The number of rotatable bonds is 0. The molecule has 0 aliphatic carbocycles. The average Bonchev–Trinajstić information content (AvgIpc) is 2.03.